The highest BCUT2D eigenvalue weighted by Gasteiger charge is 2.20. The van der Waals surface area contributed by atoms with Gasteiger partial charge in [-0.15, -0.1) is 0 Å². The number of rotatable bonds is 7. The van der Waals surface area contributed by atoms with Crippen molar-refractivity contribution in [2.75, 3.05) is 32.7 Å². The van der Waals surface area contributed by atoms with E-state index in [1.54, 1.807) is 24.3 Å². The maximum absolute atomic E-state index is 12.8. The van der Waals surface area contributed by atoms with Gasteiger partial charge in [0.05, 0.1) is 16.3 Å². The fourth-order valence-electron chi connectivity index (χ4n) is 3.56. The minimum Gasteiger partial charge on any atom is -0.353 e. The van der Waals surface area contributed by atoms with Crippen molar-refractivity contribution in [1.82, 2.24) is 15.1 Å². The first-order valence-electron chi connectivity index (χ1n) is 10.4. The molecule has 0 bridgehead atoms. The lowest BCUT2D eigenvalue weighted by Crippen LogP contribution is -2.49. The van der Waals surface area contributed by atoms with E-state index < -0.39 is 9.84 Å². The molecule has 162 valence electrons. The number of hydrogen-bond acceptors (Lipinski definition) is 5. The van der Waals surface area contributed by atoms with E-state index in [-0.39, 0.29) is 11.9 Å². The molecule has 1 amide bonds. The molecule has 6 nitrogen and oxygen atoms in total. The zero-order valence-corrected chi connectivity index (χ0v) is 18.8. The number of nitrogens with one attached hydrogen (secondary N) is 1. The second-order valence-corrected chi connectivity index (χ2v) is 10.2. The number of benzene rings is 2. The molecule has 30 heavy (non-hydrogen) atoms. The molecule has 0 unspecified atom stereocenters. The van der Waals surface area contributed by atoms with Crippen LogP contribution in [-0.2, 0) is 21.2 Å². The lowest BCUT2D eigenvalue weighted by Gasteiger charge is -2.34. The molecular formula is C23H31N3O3S. The van der Waals surface area contributed by atoms with Crippen molar-refractivity contribution in [3.8, 4) is 0 Å². The van der Waals surface area contributed by atoms with E-state index in [0.29, 0.717) is 16.3 Å². The van der Waals surface area contributed by atoms with Gasteiger partial charge in [-0.25, -0.2) is 8.42 Å². The largest absolute Gasteiger partial charge is 0.353 e. The fourth-order valence-corrected chi connectivity index (χ4v) is 4.82. The maximum atomic E-state index is 12.8. The third-order valence-electron chi connectivity index (χ3n) is 5.25. The van der Waals surface area contributed by atoms with E-state index in [4.69, 9.17) is 0 Å². The lowest BCUT2D eigenvalue weighted by atomic mass is 10.2. The number of aryl methyl sites for hydroxylation is 1. The van der Waals surface area contributed by atoms with Gasteiger partial charge in [0.2, 0.25) is 15.7 Å². The van der Waals surface area contributed by atoms with Gasteiger partial charge >= 0.3 is 0 Å². The van der Waals surface area contributed by atoms with Crippen molar-refractivity contribution in [3.63, 3.8) is 0 Å². The Labute approximate surface area is 179 Å². The van der Waals surface area contributed by atoms with Gasteiger partial charge in [-0.05, 0) is 50.6 Å². The van der Waals surface area contributed by atoms with Crippen LogP contribution in [0.1, 0.15) is 25.0 Å². The molecular weight excluding hydrogens is 398 g/mol. The fraction of sp³-hybridized carbons (Fsp3) is 0.435. The molecule has 0 atom stereocenters. The third kappa shape index (κ3) is 5.90. The Balaban J connectivity index is 1.54. The van der Waals surface area contributed by atoms with Crippen LogP contribution in [0.2, 0.25) is 0 Å². The molecule has 2 aromatic rings. The Bertz CT molecular complexity index is 946. The Kier molecular flexibility index (Phi) is 7.28. The van der Waals surface area contributed by atoms with Crippen molar-refractivity contribution in [1.29, 1.82) is 0 Å². The summed E-state index contributed by atoms with van der Waals surface area (Å²) in [7, 11) is -3.49. The SMILES string of the molecule is Cc1ccc(S(=O)(=O)c2ccc(CN3CCN(CC(=O)NC(C)C)CC3)cc2)cc1. The van der Waals surface area contributed by atoms with E-state index in [1.165, 1.54) is 0 Å². The van der Waals surface area contributed by atoms with Crippen molar-refractivity contribution in [2.24, 2.45) is 0 Å². The zero-order valence-electron chi connectivity index (χ0n) is 18.0. The highest BCUT2D eigenvalue weighted by atomic mass is 32.2. The van der Waals surface area contributed by atoms with E-state index >= 15 is 0 Å². The van der Waals surface area contributed by atoms with E-state index in [2.05, 4.69) is 15.1 Å². The number of sulfone groups is 1. The summed E-state index contributed by atoms with van der Waals surface area (Å²) in [6.45, 7) is 10.6. The van der Waals surface area contributed by atoms with Gasteiger partial charge < -0.3 is 5.32 Å². The molecule has 1 heterocycles. The Hall–Kier alpha value is -2.22. The highest BCUT2D eigenvalue weighted by Crippen LogP contribution is 2.22. The molecule has 1 aliphatic rings. The van der Waals surface area contributed by atoms with Gasteiger partial charge in [-0.2, -0.15) is 0 Å². The lowest BCUT2D eigenvalue weighted by molar-refractivity contribution is -0.123. The molecule has 0 radical (unpaired) electrons. The van der Waals surface area contributed by atoms with Crippen LogP contribution >= 0.6 is 0 Å². The summed E-state index contributed by atoms with van der Waals surface area (Å²) in [6, 6.07) is 14.3. The zero-order chi connectivity index (χ0) is 21.7. The van der Waals surface area contributed by atoms with Crippen molar-refractivity contribution >= 4 is 15.7 Å². The Morgan fingerprint density at radius 3 is 1.93 bits per heavy atom. The predicted octanol–water partition coefficient (Wildman–Crippen LogP) is 2.47. The summed E-state index contributed by atoms with van der Waals surface area (Å²) in [5.74, 6) is 0.0730. The number of carbonyl (C=O) groups excluding carboxylic acids is 1. The number of amides is 1. The normalized spacial score (nSPS) is 16.0. The van der Waals surface area contributed by atoms with E-state index in [1.807, 2.05) is 45.0 Å². The van der Waals surface area contributed by atoms with Crippen LogP contribution in [-0.4, -0.2) is 62.9 Å². The monoisotopic (exact) mass is 429 g/mol. The van der Waals surface area contributed by atoms with Gasteiger partial charge in [-0.3, -0.25) is 14.6 Å². The summed E-state index contributed by atoms with van der Waals surface area (Å²) in [4.78, 5) is 17.1. The average molecular weight is 430 g/mol. The van der Waals surface area contributed by atoms with Gasteiger partial charge in [0.25, 0.3) is 0 Å². The molecule has 1 N–H and O–H groups in total. The second-order valence-electron chi connectivity index (χ2n) is 8.23. The van der Waals surface area contributed by atoms with E-state index in [9.17, 15) is 13.2 Å². The topological polar surface area (TPSA) is 69.7 Å². The van der Waals surface area contributed by atoms with Crippen LogP contribution in [0.15, 0.2) is 58.3 Å². The summed E-state index contributed by atoms with van der Waals surface area (Å²) < 4.78 is 25.6. The Morgan fingerprint density at radius 1 is 0.900 bits per heavy atom. The summed E-state index contributed by atoms with van der Waals surface area (Å²) in [5, 5.41) is 2.93. The molecule has 1 saturated heterocycles. The number of hydrogen-bond donors (Lipinski definition) is 1. The second kappa shape index (κ2) is 9.73. The van der Waals surface area contributed by atoms with Crippen LogP contribution in [0.3, 0.4) is 0 Å². The molecule has 0 saturated carbocycles. The molecule has 0 aromatic heterocycles. The number of nitrogens with zero attached hydrogens (tertiary/aromatic N) is 2. The highest BCUT2D eigenvalue weighted by molar-refractivity contribution is 7.91. The average Bonchev–Trinajstić information content (AvgIpc) is 2.69. The van der Waals surface area contributed by atoms with Crippen LogP contribution in [0.4, 0.5) is 0 Å². The van der Waals surface area contributed by atoms with Gasteiger partial charge in [0.15, 0.2) is 0 Å². The number of piperazine rings is 1. The number of carbonyl (C=O) groups is 1. The van der Waals surface area contributed by atoms with Gasteiger partial charge in [-0.1, -0.05) is 29.8 Å². The van der Waals surface area contributed by atoms with E-state index in [0.717, 1.165) is 43.9 Å². The van der Waals surface area contributed by atoms with Gasteiger partial charge in [0, 0.05) is 38.8 Å². The van der Waals surface area contributed by atoms with Crippen LogP contribution in [0, 0.1) is 6.92 Å². The first-order valence-corrected chi connectivity index (χ1v) is 11.9. The molecule has 3 rings (SSSR count). The van der Waals surface area contributed by atoms with Crippen molar-refractivity contribution in [2.45, 2.75) is 43.1 Å². The quantitative estimate of drug-likeness (QED) is 0.732. The predicted molar refractivity (Wildman–Crippen MR) is 118 cm³/mol. The Morgan fingerprint density at radius 2 is 1.40 bits per heavy atom. The van der Waals surface area contributed by atoms with Crippen molar-refractivity contribution in [3.05, 3.63) is 59.7 Å². The summed E-state index contributed by atoms with van der Waals surface area (Å²) in [5.41, 5.74) is 2.12. The standard InChI is InChI=1S/C23H31N3O3S/c1-18(2)24-23(27)17-26-14-12-25(13-15-26)16-20-6-10-22(11-7-20)30(28,29)21-8-4-19(3)5-9-21/h4-11,18H,12-17H2,1-3H3,(H,24,27). The maximum Gasteiger partial charge on any atom is 0.234 e. The minimum atomic E-state index is -3.49. The summed E-state index contributed by atoms with van der Waals surface area (Å²) >= 11 is 0. The van der Waals surface area contributed by atoms with Gasteiger partial charge in [0.1, 0.15) is 0 Å². The molecule has 0 spiro atoms. The molecule has 7 heteroatoms. The van der Waals surface area contributed by atoms with Crippen LogP contribution < -0.4 is 5.32 Å². The molecule has 2 aromatic carbocycles. The smallest absolute Gasteiger partial charge is 0.234 e. The van der Waals surface area contributed by atoms with Crippen molar-refractivity contribution < 1.29 is 13.2 Å². The first kappa shape index (κ1) is 22.5. The summed E-state index contributed by atoms with van der Waals surface area (Å²) in [6.07, 6.45) is 0. The molecule has 1 aliphatic heterocycles. The third-order valence-corrected chi connectivity index (χ3v) is 7.04. The van der Waals surface area contributed by atoms with Crippen LogP contribution in [0.5, 0.6) is 0 Å². The molecule has 1 fully saturated rings. The van der Waals surface area contributed by atoms with Crippen LogP contribution in [0.25, 0.3) is 0 Å². The molecule has 0 aliphatic carbocycles. The minimum absolute atomic E-state index is 0.0730. The first-order chi connectivity index (χ1) is 14.2.